The Labute approximate surface area is 125 Å². The second-order valence-electron chi connectivity index (χ2n) is 4.19. The number of carbonyl (C=O) groups is 1. The molecule has 3 N–H and O–H groups in total. The number of nitrogens with one attached hydrogen (secondary N) is 3. The number of aromatic nitrogens is 4. The lowest BCUT2D eigenvalue weighted by Crippen LogP contribution is -2.13. The first kappa shape index (κ1) is 15.4. The topological polar surface area (TPSA) is 130 Å². The third-order valence-corrected chi connectivity index (χ3v) is 4.87. The van der Waals surface area contributed by atoms with Crippen molar-refractivity contribution in [1.82, 2.24) is 20.4 Å². The van der Waals surface area contributed by atoms with E-state index < -0.39 is 10.0 Å². The summed E-state index contributed by atoms with van der Waals surface area (Å²) in [6.07, 6.45) is 1.70. The average molecular weight is 330 g/mol. The van der Waals surface area contributed by atoms with Crippen LogP contribution in [0.5, 0.6) is 0 Å². The van der Waals surface area contributed by atoms with Crippen molar-refractivity contribution in [3.63, 3.8) is 0 Å². The van der Waals surface area contributed by atoms with Crippen molar-refractivity contribution in [3.8, 4) is 0 Å². The first-order chi connectivity index (χ1) is 9.90. The zero-order valence-corrected chi connectivity index (χ0v) is 13.0. The van der Waals surface area contributed by atoms with E-state index in [1.54, 1.807) is 6.07 Å². The molecule has 0 bridgehead atoms. The van der Waals surface area contributed by atoms with Crippen LogP contribution in [0.3, 0.4) is 0 Å². The summed E-state index contributed by atoms with van der Waals surface area (Å²) in [5.41, 5.74) is 0.839. The molecule has 0 radical (unpaired) electrons. The number of rotatable bonds is 6. The van der Waals surface area contributed by atoms with E-state index in [4.69, 9.17) is 0 Å². The lowest BCUT2D eigenvalue weighted by atomic mass is 10.2. The van der Waals surface area contributed by atoms with Gasteiger partial charge in [-0.25, -0.2) is 0 Å². The van der Waals surface area contributed by atoms with Crippen molar-refractivity contribution >= 4 is 38.2 Å². The number of carbonyl (C=O) groups excluding carboxylic acids is 1. The normalized spacial score (nSPS) is 11.3. The van der Waals surface area contributed by atoms with E-state index in [0.717, 1.165) is 29.9 Å². The quantitative estimate of drug-likeness (QED) is 0.677. The van der Waals surface area contributed by atoms with Gasteiger partial charge in [0.15, 0.2) is 5.82 Å². The van der Waals surface area contributed by atoms with Gasteiger partial charge in [0.05, 0.1) is 0 Å². The Morgan fingerprint density at radius 2 is 2.19 bits per heavy atom. The highest BCUT2D eigenvalue weighted by atomic mass is 32.2. The molecule has 0 unspecified atom stereocenters. The van der Waals surface area contributed by atoms with Crippen LogP contribution >= 0.6 is 11.3 Å². The van der Waals surface area contributed by atoms with Gasteiger partial charge in [0, 0.05) is 18.7 Å². The Bertz CT molecular complexity index is 736. The number of amides is 1. The molecule has 9 nitrogen and oxygen atoms in total. The summed E-state index contributed by atoms with van der Waals surface area (Å²) in [6.45, 7) is 3.31. The molecule has 0 saturated carbocycles. The maximum Gasteiger partial charge on any atom is 0.292 e. The molecular weight excluding hydrogens is 316 g/mol. The largest absolute Gasteiger partial charge is 0.301 e. The molecule has 21 heavy (non-hydrogen) atoms. The fourth-order valence-corrected chi connectivity index (χ4v) is 3.45. The summed E-state index contributed by atoms with van der Waals surface area (Å²) in [4.78, 5) is 10.9. The molecule has 1 amide bonds. The van der Waals surface area contributed by atoms with Crippen molar-refractivity contribution in [1.29, 1.82) is 0 Å². The third kappa shape index (κ3) is 3.98. The van der Waals surface area contributed by atoms with E-state index in [2.05, 4.69) is 30.4 Å². The number of hydrogen-bond acceptors (Lipinski definition) is 7. The number of aryl methyl sites for hydroxylation is 1. The smallest absolute Gasteiger partial charge is 0.292 e. The van der Waals surface area contributed by atoms with Crippen LogP contribution in [0.4, 0.5) is 10.9 Å². The van der Waals surface area contributed by atoms with E-state index in [0.29, 0.717) is 0 Å². The summed E-state index contributed by atoms with van der Waals surface area (Å²) < 4.78 is 26.3. The molecular formula is C10H14N6O3S2. The lowest BCUT2D eigenvalue weighted by molar-refractivity contribution is -0.114. The Morgan fingerprint density at radius 3 is 2.86 bits per heavy atom. The van der Waals surface area contributed by atoms with Crippen LogP contribution in [0.15, 0.2) is 10.4 Å². The third-order valence-electron chi connectivity index (χ3n) is 2.31. The van der Waals surface area contributed by atoms with Gasteiger partial charge in [-0.1, -0.05) is 24.7 Å². The van der Waals surface area contributed by atoms with E-state index in [9.17, 15) is 13.2 Å². The molecule has 0 spiro atoms. The summed E-state index contributed by atoms with van der Waals surface area (Å²) >= 11 is 0.762. The minimum Gasteiger partial charge on any atom is -0.301 e. The van der Waals surface area contributed by atoms with Crippen molar-refractivity contribution in [2.24, 2.45) is 0 Å². The van der Waals surface area contributed by atoms with Crippen LogP contribution in [0.2, 0.25) is 0 Å². The highest BCUT2D eigenvalue weighted by Gasteiger charge is 2.21. The number of H-pyrrole nitrogens is 1. The van der Waals surface area contributed by atoms with Gasteiger partial charge in [0.2, 0.25) is 11.0 Å². The Morgan fingerprint density at radius 1 is 1.43 bits per heavy atom. The van der Waals surface area contributed by atoms with Crippen molar-refractivity contribution in [3.05, 3.63) is 11.8 Å². The molecule has 2 aromatic rings. The molecule has 0 atom stereocenters. The molecule has 114 valence electrons. The molecule has 0 aliphatic rings. The minimum atomic E-state index is -3.87. The van der Waals surface area contributed by atoms with Crippen molar-refractivity contribution in [2.75, 3.05) is 10.0 Å². The monoisotopic (exact) mass is 330 g/mol. The van der Waals surface area contributed by atoms with Crippen LogP contribution in [0, 0.1) is 0 Å². The summed E-state index contributed by atoms with van der Waals surface area (Å²) in [5, 5.41) is 16.2. The Kier molecular flexibility index (Phi) is 4.53. The Hall–Kier alpha value is -2.01. The molecule has 0 fully saturated rings. The standard InChI is InChI=1S/C10H14N6O3S2/c1-3-4-7-5-8(13-12-7)16-21(18,19)10-15-14-9(20-10)11-6(2)17/h5H,3-4H2,1-2H3,(H,11,14,17)(H2,12,13,16). The molecule has 2 aromatic heterocycles. The number of nitrogens with zero attached hydrogens (tertiary/aromatic N) is 3. The van der Waals surface area contributed by atoms with Crippen molar-refractivity contribution < 1.29 is 13.2 Å². The fraction of sp³-hybridized carbons (Fsp3) is 0.400. The second-order valence-corrected chi connectivity index (χ2v) is 7.02. The van der Waals surface area contributed by atoms with Crippen LogP contribution in [0.1, 0.15) is 26.0 Å². The van der Waals surface area contributed by atoms with Crippen LogP contribution in [-0.2, 0) is 21.2 Å². The zero-order valence-electron chi connectivity index (χ0n) is 11.4. The van der Waals surface area contributed by atoms with E-state index in [1.807, 2.05) is 6.92 Å². The van der Waals surface area contributed by atoms with Crippen LogP contribution < -0.4 is 10.0 Å². The predicted octanol–water partition coefficient (Wildman–Crippen LogP) is 0.973. The molecule has 2 rings (SSSR count). The number of hydrogen-bond donors (Lipinski definition) is 3. The maximum atomic E-state index is 12.1. The highest BCUT2D eigenvalue weighted by molar-refractivity contribution is 7.94. The number of aromatic amines is 1. The lowest BCUT2D eigenvalue weighted by Gasteiger charge is -1.99. The van der Waals surface area contributed by atoms with E-state index in [-0.39, 0.29) is 21.2 Å². The average Bonchev–Trinajstić information content (AvgIpc) is 2.98. The first-order valence-corrected chi connectivity index (χ1v) is 8.39. The summed E-state index contributed by atoms with van der Waals surface area (Å²) in [5.74, 6) is -0.158. The summed E-state index contributed by atoms with van der Waals surface area (Å²) in [7, 11) is -3.87. The van der Waals surface area contributed by atoms with Gasteiger partial charge in [-0.15, -0.1) is 10.2 Å². The van der Waals surface area contributed by atoms with Gasteiger partial charge in [0.25, 0.3) is 14.4 Å². The molecule has 0 aliphatic carbocycles. The molecule has 0 aliphatic heterocycles. The van der Waals surface area contributed by atoms with E-state index in [1.165, 1.54) is 6.92 Å². The number of anilines is 2. The highest BCUT2D eigenvalue weighted by Crippen LogP contribution is 2.22. The first-order valence-electron chi connectivity index (χ1n) is 6.09. The van der Waals surface area contributed by atoms with Crippen LogP contribution in [-0.4, -0.2) is 34.7 Å². The second kappa shape index (κ2) is 6.18. The zero-order chi connectivity index (χ0) is 15.5. The van der Waals surface area contributed by atoms with E-state index >= 15 is 0 Å². The Balaban J connectivity index is 2.13. The van der Waals surface area contributed by atoms with Crippen LogP contribution in [0.25, 0.3) is 0 Å². The molecule has 0 saturated heterocycles. The fourth-order valence-electron chi connectivity index (χ4n) is 1.51. The number of sulfonamides is 1. The SMILES string of the molecule is CCCc1cc(NS(=O)(=O)c2nnc(NC(C)=O)s2)n[nH]1. The summed E-state index contributed by atoms with van der Waals surface area (Å²) in [6, 6.07) is 1.62. The molecule has 11 heteroatoms. The molecule has 2 heterocycles. The van der Waals surface area contributed by atoms with Crippen molar-refractivity contribution in [2.45, 2.75) is 31.0 Å². The van der Waals surface area contributed by atoms with Gasteiger partial charge in [-0.3, -0.25) is 14.6 Å². The van der Waals surface area contributed by atoms with Gasteiger partial charge >= 0.3 is 0 Å². The minimum absolute atomic E-state index is 0.122. The maximum absolute atomic E-state index is 12.1. The predicted molar refractivity (Wildman–Crippen MR) is 77.6 cm³/mol. The van der Waals surface area contributed by atoms with Gasteiger partial charge in [0.1, 0.15) is 0 Å². The van der Waals surface area contributed by atoms with Gasteiger partial charge < -0.3 is 5.32 Å². The van der Waals surface area contributed by atoms with Gasteiger partial charge in [-0.2, -0.15) is 13.5 Å². The molecule has 0 aromatic carbocycles. The van der Waals surface area contributed by atoms with Gasteiger partial charge in [-0.05, 0) is 6.42 Å².